The molecule has 3 saturated heterocycles. The highest BCUT2D eigenvalue weighted by Gasteiger charge is 2.56. The molecule has 2 aromatic carbocycles. The number of amides is 3. The van der Waals surface area contributed by atoms with Gasteiger partial charge in [-0.25, -0.2) is 9.18 Å². The molecule has 0 bridgehead atoms. The average molecular weight is 488 g/mol. The van der Waals surface area contributed by atoms with E-state index in [1.54, 1.807) is 24.1 Å². The van der Waals surface area contributed by atoms with Crippen LogP contribution in [0.2, 0.25) is 0 Å². The zero-order chi connectivity index (χ0) is 21.7. The van der Waals surface area contributed by atoms with E-state index in [4.69, 9.17) is 0 Å². The molecule has 3 aliphatic rings. The summed E-state index contributed by atoms with van der Waals surface area (Å²) < 4.78 is 14.3. The van der Waals surface area contributed by atoms with Gasteiger partial charge in [0.1, 0.15) is 24.3 Å². The second-order valence-corrected chi connectivity index (χ2v) is 9.05. The van der Waals surface area contributed by atoms with E-state index in [0.29, 0.717) is 5.56 Å². The summed E-state index contributed by atoms with van der Waals surface area (Å²) in [5.74, 6) is -0.563. The minimum atomic E-state index is -0.466. The Balaban J connectivity index is 1.42. The molecule has 5 rings (SSSR count). The van der Waals surface area contributed by atoms with Gasteiger partial charge in [0.25, 0.3) is 5.91 Å². The summed E-state index contributed by atoms with van der Waals surface area (Å²) >= 11 is 3.48. The van der Waals surface area contributed by atoms with E-state index in [-0.39, 0.29) is 30.6 Å². The Labute approximate surface area is 188 Å². The van der Waals surface area contributed by atoms with Gasteiger partial charge < -0.3 is 9.80 Å². The lowest BCUT2D eigenvalue weighted by Gasteiger charge is -2.43. The number of benzene rings is 2. The molecule has 31 heavy (non-hydrogen) atoms. The molecule has 3 fully saturated rings. The number of nitrogens with zero attached hydrogens (tertiary/aromatic N) is 4. The van der Waals surface area contributed by atoms with Gasteiger partial charge in [-0.1, -0.05) is 28.1 Å². The quantitative estimate of drug-likeness (QED) is 0.721. The fourth-order valence-corrected chi connectivity index (χ4v) is 5.00. The number of likely N-dealkylation sites (N-methyl/N-ethyl adjacent to an activating group) is 1. The van der Waals surface area contributed by atoms with E-state index >= 15 is 0 Å². The Bertz CT molecular complexity index is 1000. The molecule has 3 atom stereocenters. The lowest BCUT2D eigenvalue weighted by atomic mass is 10.1. The van der Waals surface area contributed by atoms with Crippen LogP contribution in [0.5, 0.6) is 0 Å². The second-order valence-electron chi connectivity index (χ2n) is 8.14. The molecular weight excluding hydrogens is 465 g/mol. The monoisotopic (exact) mass is 487 g/mol. The second kappa shape index (κ2) is 7.89. The highest BCUT2D eigenvalue weighted by Crippen LogP contribution is 2.33. The molecule has 3 aliphatic heterocycles. The first-order valence-corrected chi connectivity index (χ1v) is 11.1. The lowest BCUT2D eigenvalue weighted by molar-refractivity contribution is -0.139. The molecule has 7 nitrogen and oxygen atoms in total. The molecule has 3 amide bonds. The molecule has 1 N–H and O–H groups in total. The summed E-state index contributed by atoms with van der Waals surface area (Å²) in [7, 11) is 1.72. The van der Waals surface area contributed by atoms with Crippen LogP contribution < -0.4 is 10.2 Å². The average Bonchev–Trinajstić information content (AvgIpc) is 3.17. The number of urea groups is 1. The van der Waals surface area contributed by atoms with Crippen LogP contribution in [0.1, 0.15) is 12.0 Å². The van der Waals surface area contributed by atoms with E-state index in [2.05, 4.69) is 43.2 Å². The number of fused-ring (bicyclic) bond motifs is 3. The van der Waals surface area contributed by atoms with E-state index < -0.39 is 12.2 Å². The first kappa shape index (κ1) is 20.4. The minimum absolute atomic E-state index is 0.125. The Morgan fingerprint density at radius 1 is 1.06 bits per heavy atom. The van der Waals surface area contributed by atoms with Crippen LogP contribution in [0.4, 0.5) is 14.9 Å². The van der Waals surface area contributed by atoms with Crippen molar-refractivity contribution in [2.75, 3.05) is 25.0 Å². The van der Waals surface area contributed by atoms with E-state index in [0.717, 1.165) is 29.7 Å². The number of carbonyl (C=O) groups is 2. The molecule has 9 heteroatoms. The fourth-order valence-electron chi connectivity index (χ4n) is 4.73. The van der Waals surface area contributed by atoms with Crippen LogP contribution in [-0.2, 0) is 11.3 Å². The van der Waals surface area contributed by atoms with Crippen molar-refractivity contribution in [3.8, 4) is 0 Å². The SMILES string of the molecule is CN1C(=O)N(Cc2ccc(F)cc2)C(=O)C2C1NC1N(c3ccc(Br)cc3)CCCN21. The number of carbonyl (C=O) groups excluding carboxylic acids is 2. The van der Waals surface area contributed by atoms with Gasteiger partial charge in [0.2, 0.25) is 0 Å². The third kappa shape index (κ3) is 3.50. The standard InChI is InChI=1S/C22H23BrFN5O2/c1-26-19-18(20(30)29(22(26)31)13-14-3-7-16(24)8-4-14)28-12-2-11-27(21(28)25-19)17-9-5-15(23)6-10-17/h3-10,18-19,21,25H,2,11-13H2,1H3. The van der Waals surface area contributed by atoms with Crippen molar-refractivity contribution in [1.29, 1.82) is 0 Å². The Hall–Kier alpha value is -2.49. The maximum atomic E-state index is 13.5. The van der Waals surface area contributed by atoms with Gasteiger partial charge in [-0.15, -0.1) is 0 Å². The highest BCUT2D eigenvalue weighted by atomic mass is 79.9. The Morgan fingerprint density at radius 3 is 2.48 bits per heavy atom. The highest BCUT2D eigenvalue weighted by molar-refractivity contribution is 9.10. The Morgan fingerprint density at radius 2 is 1.77 bits per heavy atom. The topological polar surface area (TPSA) is 59.1 Å². The molecule has 3 heterocycles. The molecule has 0 aromatic heterocycles. The summed E-state index contributed by atoms with van der Waals surface area (Å²) in [6.45, 7) is 1.75. The molecule has 162 valence electrons. The number of halogens is 2. The molecule has 2 aromatic rings. The number of hydrogen-bond acceptors (Lipinski definition) is 5. The summed E-state index contributed by atoms with van der Waals surface area (Å²) in [5.41, 5.74) is 1.78. The van der Waals surface area contributed by atoms with Crippen LogP contribution in [0.15, 0.2) is 53.0 Å². The smallest absolute Gasteiger partial charge is 0.328 e. The molecular formula is C22H23BrFN5O2. The Kier molecular flexibility index (Phi) is 5.19. The summed E-state index contributed by atoms with van der Waals surface area (Å²) in [5, 5.41) is 3.51. The number of hydrogen-bond donors (Lipinski definition) is 1. The van der Waals surface area contributed by atoms with Gasteiger partial charge in [0, 0.05) is 30.3 Å². The van der Waals surface area contributed by atoms with Crippen LogP contribution in [0, 0.1) is 5.82 Å². The molecule has 0 saturated carbocycles. The predicted molar refractivity (Wildman–Crippen MR) is 117 cm³/mol. The third-order valence-corrected chi connectivity index (χ3v) is 6.81. The van der Waals surface area contributed by atoms with Gasteiger partial charge in [0.05, 0.1) is 6.54 Å². The maximum absolute atomic E-state index is 13.5. The van der Waals surface area contributed by atoms with Gasteiger partial charge in [-0.3, -0.25) is 19.9 Å². The van der Waals surface area contributed by atoms with Crippen molar-refractivity contribution in [3.63, 3.8) is 0 Å². The maximum Gasteiger partial charge on any atom is 0.328 e. The van der Waals surface area contributed by atoms with E-state index in [1.165, 1.54) is 17.0 Å². The first-order chi connectivity index (χ1) is 14.9. The number of rotatable bonds is 3. The largest absolute Gasteiger partial charge is 0.343 e. The summed E-state index contributed by atoms with van der Waals surface area (Å²) in [6, 6.07) is 13.2. The zero-order valence-electron chi connectivity index (χ0n) is 17.0. The van der Waals surface area contributed by atoms with Crippen molar-refractivity contribution >= 4 is 33.6 Å². The number of imide groups is 1. The number of anilines is 1. The van der Waals surface area contributed by atoms with Gasteiger partial charge in [-0.05, 0) is 48.4 Å². The van der Waals surface area contributed by atoms with Crippen molar-refractivity contribution in [3.05, 3.63) is 64.4 Å². The van der Waals surface area contributed by atoms with Crippen LogP contribution in [0.25, 0.3) is 0 Å². The van der Waals surface area contributed by atoms with Crippen molar-refractivity contribution in [1.82, 2.24) is 20.0 Å². The number of nitrogens with one attached hydrogen (secondary N) is 1. The third-order valence-electron chi connectivity index (χ3n) is 6.28. The van der Waals surface area contributed by atoms with E-state index in [1.807, 2.05) is 12.1 Å². The zero-order valence-corrected chi connectivity index (χ0v) is 18.6. The summed E-state index contributed by atoms with van der Waals surface area (Å²) in [6.07, 6.45) is 0.348. The molecule has 0 aliphatic carbocycles. The summed E-state index contributed by atoms with van der Waals surface area (Å²) in [4.78, 5) is 33.8. The van der Waals surface area contributed by atoms with Crippen LogP contribution in [0.3, 0.4) is 0 Å². The van der Waals surface area contributed by atoms with Crippen LogP contribution in [-0.4, -0.2) is 65.3 Å². The van der Waals surface area contributed by atoms with Crippen molar-refractivity contribution in [2.24, 2.45) is 0 Å². The molecule has 0 radical (unpaired) electrons. The predicted octanol–water partition coefficient (Wildman–Crippen LogP) is 2.78. The van der Waals surface area contributed by atoms with Gasteiger partial charge >= 0.3 is 6.03 Å². The van der Waals surface area contributed by atoms with Crippen molar-refractivity contribution in [2.45, 2.75) is 31.5 Å². The first-order valence-electron chi connectivity index (χ1n) is 10.3. The van der Waals surface area contributed by atoms with Gasteiger partial charge in [-0.2, -0.15) is 0 Å². The van der Waals surface area contributed by atoms with Gasteiger partial charge in [0.15, 0.2) is 0 Å². The van der Waals surface area contributed by atoms with Crippen LogP contribution >= 0.6 is 15.9 Å². The lowest BCUT2D eigenvalue weighted by Crippen LogP contribution is -2.66. The minimum Gasteiger partial charge on any atom is -0.343 e. The molecule has 3 unspecified atom stereocenters. The van der Waals surface area contributed by atoms with E-state index in [9.17, 15) is 14.0 Å². The fraction of sp³-hybridized carbons (Fsp3) is 0.364. The molecule has 0 spiro atoms. The van der Waals surface area contributed by atoms with Crippen molar-refractivity contribution < 1.29 is 14.0 Å². The normalized spacial score (nSPS) is 26.3.